The largest absolute Gasteiger partial charge is 0.374 e. The topological polar surface area (TPSA) is 38.5 Å². The Morgan fingerprint density at radius 1 is 1.61 bits per heavy atom. The Kier molecular flexibility index (Phi) is 5.04. The van der Waals surface area contributed by atoms with E-state index in [2.05, 4.69) is 27.9 Å². The van der Waals surface area contributed by atoms with Crippen molar-refractivity contribution in [2.75, 3.05) is 26.7 Å². The highest BCUT2D eigenvalue weighted by molar-refractivity contribution is 9.10. The molecule has 0 aliphatic carbocycles. The second kappa shape index (κ2) is 6.35. The van der Waals surface area contributed by atoms with Gasteiger partial charge in [-0.3, -0.25) is 0 Å². The van der Waals surface area contributed by atoms with Crippen molar-refractivity contribution >= 4 is 27.5 Å². The monoisotopic (exact) mass is 332 g/mol. The number of morpholine rings is 1. The van der Waals surface area contributed by atoms with E-state index in [1.54, 1.807) is 0 Å². The summed E-state index contributed by atoms with van der Waals surface area (Å²) < 4.78 is 6.71. The van der Waals surface area contributed by atoms with Gasteiger partial charge in [0.25, 0.3) is 0 Å². The van der Waals surface area contributed by atoms with E-state index in [1.807, 2.05) is 18.2 Å². The molecule has 1 heterocycles. The second-order valence-electron chi connectivity index (χ2n) is 4.78. The van der Waals surface area contributed by atoms with Crippen LogP contribution in [0.3, 0.4) is 0 Å². The Hall–Kier alpha value is -0.130. The molecule has 0 amide bonds. The van der Waals surface area contributed by atoms with Crippen LogP contribution in [0, 0.1) is 0 Å². The molecule has 0 aromatic heterocycles. The molecule has 0 saturated carbocycles. The van der Waals surface area contributed by atoms with Crippen LogP contribution in [-0.2, 0) is 11.2 Å². The van der Waals surface area contributed by atoms with Crippen molar-refractivity contribution in [3.8, 4) is 0 Å². The minimum atomic E-state index is -0.0218. The number of benzene rings is 1. The van der Waals surface area contributed by atoms with E-state index in [9.17, 15) is 0 Å². The van der Waals surface area contributed by atoms with Crippen LogP contribution in [0.4, 0.5) is 0 Å². The van der Waals surface area contributed by atoms with Crippen LogP contribution in [0.1, 0.15) is 5.56 Å². The van der Waals surface area contributed by atoms with E-state index in [4.69, 9.17) is 22.1 Å². The Morgan fingerprint density at radius 3 is 3.06 bits per heavy atom. The summed E-state index contributed by atoms with van der Waals surface area (Å²) in [6, 6.07) is 5.88. The fourth-order valence-electron chi connectivity index (χ4n) is 2.14. The summed E-state index contributed by atoms with van der Waals surface area (Å²) in [7, 11) is 2.09. The zero-order valence-electron chi connectivity index (χ0n) is 10.4. The Balaban J connectivity index is 1.99. The molecule has 5 heteroatoms. The smallest absolute Gasteiger partial charge is 0.0856 e. The molecule has 2 atom stereocenters. The molecule has 18 heavy (non-hydrogen) atoms. The van der Waals surface area contributed by atoms with Gasteiger partial charge in [-0.15, -0.1) is 0 Å². The van der Waals surface area contributed by atoms with Gasteiger partial charge >= 0.3 is 0 Å². The minimum absolute atomic E-state index is 0.0218. The zero-order chi connectivity index (χ0) is 13.1. The van der Waals surface area contributed by atoms with Crippen LogP contribution in [0.15, 0.2) is 22.7 Å². The first-order chi connectivity index (χ1) is 8.56. The van der Waals surface area contributed by atoms with Gasteiger partial charge in [0.2, 0.25) is 0 Å². The molecule has 0 radical (unpaired) electrons. The van der Waals surface area contributed by atoms with E-state index in [-0.39, 0.29) is 12.1 Å². The predicted octanol–water partition coefficient (Wildman–Crippen LogP) is 2.30. The van der Waals surface area contributed by atoms with Gasteiger partial charge in [-0.2, -0.15) is 0 Å². The lowest BCUT2D eigenvalue weighted by Gasteiger charge is -2.33. The molecule has 1 aromatic rings. The zero-order valence-corrected chi connectivity index (χ0v) is 12.7. The summed E-state index contributed by atoms with van der Waals surface area (Å²) in [4.78, 5) is 2.25. The number of likely N-dealkylation sites (N-methyl/N-ethyl adjacent to an activating group) is 1. The average molecular weight is 334 g/mol. The van der Waals surface area contributed by atoms with Crippen molar-refractivity contribution in [2.24, 2.45) is 5.73 Å². The van der Waals surface area contributed by atoms with Gasteiger partial charge in [0.1, 0.15) is 0 Å². The lowest BCUT2D eigenvalue weighted by molar-refractivity contribution is -0.0319. The first-order valence-electron chi connectivity index (χ1n) is 6.06. The van der Waals surface area contributed by atoms with Crippen LogP contribution in [0.2, 0.25) is 5.02 Å². The summed E-state index contributed by atoms with van der Waals surface area (Å²) in [6.45, 7) is 2.61. The molecule has 0 spiro atoms. The number of halogens is 2. The lowest BCUT2D eigenvalue weighted by Crippen LogP contribution is -2.50. The maximum atomic E-state index is 6.23. The third-order valence-electron chi connectivity index (χ3n) is 3.24. The Bertz CT molecular complexity index is 416. The maximum absolute atomic E-state index is 6.23. The van der Waals surface area contributed by atoms with Gasteiger partial charge in [-0.05, 0) is 31.2 Å². The molecule has 100 valence electrons. The molecule has 1 aliphatic rings. The van der Waals surface area contributed by atoms with Crippen LogP contribution in [0.5, 0.6) is 0 Å². The molecular formula is C13H18BrClN2O. The van der Waals surface area contributed by atoms with Crippen molar-refractivity contribution in [3.05, 3.63) is 33.3 Å². The van der Waals surface area contributed by atoms with Crippen LogP contribution in [-0.4, -0.2) is 43.8 Å². The van der Waals surface area contributed by atoms with Crippen LogP contribution in [0.25, 0.3) is 0 Å². The number of hydrogen-bond donors (Lipinski definition) is 1. The number of ether oxygens (including phenoxy) is 1. The Labute approximate surface area is 121 Å². The molecule has 3 nitrogen and oxygen atoms in total. The number of rotatable bonds is 3. The third-order valence-corrected chi connectivity index (χ3v) is 4.09. The molecule has 2 unspecified atom stereocenters. The summed E-state index contributed by atoms with van der Waals surface area (Å²) in [5, 5.41) is 0.754. The SMILES string of the molecule is CN1CCOC(C(N)Cc2ccc(Br)cc2Cl)C1. The highest BCUT2D eigenvalue weighted by Gasteiger charge is 2.24. The summed E-state index contributed by atoms with van der Waals surface area (Å²) in [5.74, 6) is 0. The number of nitrogens with zero attached hydrogens (tertiary/aromatic N) is 1. The fraction of sp³-hybridized carbons (Fsp3) is 0.538. The van der Waals surface area contributed by atoms with Crippen LogP contribution < -0.4 is 5.73 Å². The van der Waals surface area contributed by atoms with Gasteiger partial charge in [-0.25, -0.2) is 0 Å². The van der Waals surface area contributed by atoms with Crippen molar-refractivity contribution in [2.45, 2.75) is 18.6 Å². The lowest BCUT2D eigenvalue weighted by atomic mass is 10.0. The van der Waals surface area contributed by atoms with Crippen LogP contribution >= 0.6 is 27.5 Å². The van der Waals surface area contributed by atoms with Gasteiger partial charge in [-0.1, -0.05) is 33.6 Å². The van der Waals surface area contributed by atoms with E-state index in [1.165, 1.54) is 0 Å². The summed E-state index contributed by atoms with van der Waals surface area (Å²) in [6.07, 6.45) is 0.827. The first kappa shape index (κ1) is 14.3. The average Bonchev–Trinajstić information content (AvgIpc) is 2.32. The highest BCUT2D eigenvalue weighted by atomic mass is 79.9. The molecule has 1 aromatic carbocycles. The molecule has 1 saturated heterocycles. The standard InChI is InChI=1S/C13H18BrClN2O/c1-17-4-5-18-13(8-17)12(16)6-9-2-3-10(14)7-11(9)15/h2-3,7,12-13H,4-6,8,16H2,1H3. The summed E-state index contributed by atoms with van der Waals surface area (Å²) in [5.41, 5.74) is 7.30. The molecule has 1 fully saturated rings. The second-order valence-corrected chi connectivity index (χ2v) is 6.10. The third kappa shape index (κ3) is 3.68. The van der Waals surface area contributed by atoms with Gasteiger partial charge in [0.05, 0.1) is 12.7 Å². The first-order valence-corrected chi connectivity index (χ1v) is 7.23. The van der Waals surface area contributed by atoms with Crippen molar-refractivity contribution in [3.63, 3.8) is 0 Å². The van der Waals surface area contributed by atoms with Gasteiger partial charge in [0, 0.05) is 28.6 Å². The summed E-state index contributed by atoms with van der Waals surface area (Å²) >= 11 is 9.60. The normalized spacial score (nSPS) is 23.0. The van der Waals surface area contributed by atoms with Gasteiger partial charge < -0.3 is 15.4 Å². The van der Waals surface area contributed by atoms with Crippen molar-refractivity contribution in [1.82, 2.24) is 4.90 Å². The van der Waals surface area contributed by atoms with Crippen molar-refractivity contribution in [1.29, 1.82) is 0 Å². The van der Waals surface area contributed by atoms with E-state index < -0.39 is 0 Å². The highest BCUT2D eigenvalue weighted by Crippen LogP contribution is 2.23. The molecule has 1 aliphatic heterocycles. The van der Waals surface area contributed by atoms with Crippen molar-refractivity contribution < 1.29 is 4.74 Å². The fourth-order valence-corrected chi connectivity index (χ4v) is 2.89. The molecule has 2 N–H and O–H groups in total. The quantitative estimate of drug-likeness (QED) is 0.922. The predicted molar refractivity (Wildman–Crippen MR) is 78.1 cm³/mol. The number of hydrogen-bond acceptors (Lipinski definition) is 3. The van der Waals surface area contributed by atoms with E-state index >= 15 is 0 Å². The minimum Gasteiger partial charge on any atom is -0.374 e. The van der Waals surface area contributed by atoms with E-state index in [0.29, 0.717) is 0 Å². The number of nitrogens with two attached hydrogens (primary N) is 1. The van der Waals surface area contributed by atoms with Gasteiger partial charge in [0.15, 0.2) is 0 Å². The van der Waals surface area contributed by atoms with E-state index in [0.717, 1.165) is 41.2 Å². The maximum Gasteiger partial charge on any atom is 0.0856 e. The molecule has 2 rings (SSSR count). The Morgan fingerprint density at radius 2 is 2.39 bits per heavy atom. The molecular weight excluding hydrogens is 316 g/mol. The molecule has 0 bridgehead atoms.